The number of ether oxygens (including phenoxy) is 1. The van der Waals surface area contributed by atoms with Gasteiger partial charge in [-0.25, -0.2) is 9.50 Å². The molecule has 3 N–H and O–H groups in total. The molecule has 0 bridgehead atoms. The fourth-order valence-electron chi connectivity index (χ4n) is 5.58. The van der Waals surface area contributed by atoms with E-state index in [4.69, 9.17) is 9.72 Å². The van der Waals surface area contributed by atoms with Crippen molar-refractivity contribution < 1.29 is 9.53 Å². The highest BCUT2D eigenvalue weighted by Crippen LogP contribution is 2.30. The lowest BCUT2D eigenvalue weighted by atomic mass is 9.93. The summed E-state index contributed by atoms with van der Waals surface area (Å²) < 4.78 is 7.23. The Kier molecular flexibility index (Phi) is 6.52. The van der Waals surface area contributed by atoms with E-state index in [-0.39, 0.29) is 11.9 Å². The van der Waals surface area contributed by atoms with Crippen molar-refractivity contribution in [3.05, 3.63) is 42.5 Å². The summed E-state index contributed by atoms with van der Waals surface area (Å²) in [5.74, 6) is 0.570. The molecule has 0 radical (unpaired) electrons. The van der Waals surface area contributed by atoms with Crippen LogP contribution in [-0.2, 0) is 4.74 Å². The fraction of sp³-hybridized carbons (Fsp3) is 0.481. The summed E-state index contributed by atoms with van der Waals surface area (Å²) >= 11 is 0. The van der Waals surface area contributed by atoms with Gasteiger partial charge < -0.3 is 25.3 Å². The Hall–Kier alpha value is -3.50. The van der Waals surface area contributed by atoms with Gasteiger partial charge in [-0.05, 0) is 76.4 Å². The van der Waals surface area contributed by atoms with E-state index in [1.54, 1.807) is 17.8 Å². The Morgan fingerprint density at radius 3 is 2.70 bits per heavy atom. The number of aromatic amines is 1. The fourth-order valence-corrected chi connectivity index (χ4v) is 5.58. The molecule has 1 saturated carbocycles. The first-order chi connectivity index (χ1) is 18.1. The molecule has 0 spiro atoms. The largest absolute Gasteiger partial charge is 0.381 e. The van der Waals surface area contributed by atoms with Crippen LogP contribution in [0.1, 0.15) is 48.9 Å². The SMILES string of the molecule is CO[C@H]1CC[C@@H](Nc2ncc3c(-c4ccn5ncc(C(=O)NC6CCN(C)CC6)c5c4)c[nH]c3n2)CC1. The Morgan fingerprint density at radius 2 is 1.92 bits per heavy atom. The van der Waals surface area contributed by atoms with Gasteiger partial charge in [-0.1, -0.05) is 0 Å². The molecule has 0 unspecified atom stereocenters. The molecule has 1 aliphatic heterocycles. The Balaban J connectivity index is 1.21. The minimum absolute atomic E-state index is 0.0702. The van der Waals surface area contributed by atoms with Gasteiger partial charge in [-0.15, -0.1) is 0 Å². The molecule has 194 valence electrons. The predicted octanol–water partition coefficient (Wildman–Crippen LogP) is 3.47. The van der Waals surface area contributed by atoms with Crippen LogP contribution in [0.2, 0.25) is 0 Å². The average Bonchev–Trinajstić information content (AvgIpc) is 3.54. The minimum atomic E-state index is -0.0702. The normalized spacial score (nSPS) is 21.5. The number of rotatable bonds is 6. The molecule has 1 amide bonds. The number of piperidine rings is 1. The number of aromatic nitrogens is 5. The smallest absolute Gasteiger partial charge is 0.255 e. The third-order valence-electron chi connectivity index (χ3n) is 7.90. The highest BCUT2D eigenvalue weighted by molar-refractivity contribution is 6.02. The van der Waals surface area contributed by atoms with Gasteiger partial charge >= 0.3 is 0 Å². The highest BCUT2D eigenvalue weighted by atomic mass is 16.5. The summed E-state index contributed by atoms with van der Waals surface area (Å²) in [6.07, 6.45) is 13.9. The topological polar surface area (TPSA) is 112 Å². The summed E-state index contributed by atoms with van der Waals surface area (Å²) in [5, 5.41) is 12.0. The van der Waals surface area contributed by atoms with E-state index in [1.807, 2.05) is 30.7 Å². The van der Waals surface area contributed by atoms with Crippen molar-refractivity contribution >= 4 is 28.4 Å². The Labute approximate surface area is 215 Å². The second kappa shape index (κ2) is 10.1. The molecule has 2 aliphatic rings. The number of anilines is 1. The van der Waals surface area contributed by atoms with Gasteiger partial charge in [0.1, 0.15) is 5.65 Å². The molecule has 5 heterocycles. The van der Waals surface area contributed by atoms with Crippen molar-refractivity contribution in [1.82, 2.24) is 34.8 Å². The van der Waals surface area contributed by atoms with Crippen LogP contribution in [0.15, 0.2) is 36.9 Å². The van der Waals surface area contributed by atoms with Crippen LogP contribution in [0.5, 0.6) is 0 Å². The van der Waals surface area contributed by atoms with Crippen LogP contribution in [0.25, 0.3) is 27.7 Å². The number of hydrogen-bond acceptors (Lipinski definition) is 7. The molecule has 0 atom stereocenters. The van der Waals surface area contributed by atoms with Gasteiger partial charge in [-0.3, -0.25) is 4.79 Å². The van der Waals surface area contributed by atoms with Crippen molar-refractivity contribution in [2.24, 2.45) is 0 Å². The number of amides is 1. The first-order valence-corrected chi connectivity index (χ1v) is 13.2. The molecule has 0 aromatic carbocycles. The Bertz CT molecular complexity index is 1400. The van der Waals surface area contributed by atoms with E-state index >= 15 is 0 Å². The van der Waals surface area contributed by atoms with Crippen molar-refractivity contribution in [3.63, 3.8) is 0 Å². The van der Waals surface area contributed by atoms with Gasteiger partial charge in [-0.2, -0.15) is 10.1 Å². The summed E-state index contributed by atoms with van der Waals surface area (Å²) in [6, 6.07) is 4.58. The first-order valence-electron chi connectivity index (χ1n) is 13.2. The van der Waals surface area contributed by atoms with Gasteiger partial charge in [0, 0.05) is 48.7 Å². The van der Waals surface area contributed by atoms with Crippen LogP contribution in [-0.4, -0.2) is 80.8 Å². The van der Waals surface area contributed by atoms with Crippen LogP contribution < -0.4 is 10.6 Å². The number of fused-ring (bicyclic) bond motifs is 2. The van der Waals surface area contributed by atoms with Crippen molar-refractivity contribution in [3.8, 4) is 11.1 Å². The molecule has 4 aromatic heterocycles. The highest BCUT2D eigenvalue weighted by Gasteiger charge is 2.23. The number of carbonyl (C=O) groups is 1. The molecule has 2 fully saturated rings. The van der Waals surface area contributed by atoms with Crippen molar-refractivity contribution in [2.45, 2.75) is 56.7 Å². The number of nitrogens with zero attached hydrogens (tertiary/aromatic N) is 5. The van der Waals surface area contributed by atoms with Crippen molar-refractivity contribution in [1.29, 1.82) is 0 Å². The maximum absolute atomic E-state index is 13.1. The quantitative estimate of drug-likeness (QED) is 0.370. The number of likely N-dealkylation sites (tertiary alicyclic amines) is 1. The summed E-state index contributed by atoms with van der Waals surface area (Å²) in [5.41, 5.74) is 4.13. The zero-order valence-corrected chi connectivity index (χ0v) is 21.4. The van der Waals surface area contributed by atoms with Gasteiger partial charge in [0.2, 0.25) is 5.95 Å². The zero-order chi connectivity index (χ0) is 25.4. The van der Waals surface area contributed by atoms with Crippen LogP contribution in [0.3, 0.4) is 0 Å². The molecule has 1 saturated heterocycles. The third kappa shape index (κ3) is 4.91. The lowest BCUT2D eigenvalue weighted by molar-refractivity contribution is 0.0681. The summed E-state index contributed by atoms with van der Waals surface area (Å²) in [4.78, 5) is 28.0. The maximum Gasteiger partial charge on any atom is 0.255 e. The summed E-state index contributed by atoms with van der Waals surface area (Å²) in [6.45, 7) is 2.00. The molecular formula is C27H34N8O2. The molecular weight excluding hydrogens is 468 g/mol. The van der Waals surface area contributed by atoms with E-state index < -0.39 is 0 Å². The number of pyridine rings is 1. The van der Waals surface area contributed by atoms with Gasteiger partial charge in [0.15, 0.2) is 0 Å². The van der Waals surface area contributed by atoms with Gasteiger partial charge in [0.05, 0.1) is 23.4 Å². The van der Waals surface area contributed by atoms with Crippen molar-refractivity contribution in [2.75, 3.05) is 32.6 Å². The number of carbonyl (C=O) groups excluding carboxylic acids is 1. The molecule has 1 aliphatic carbocycles. The van der Waals surface area contributed by atoms with Crippen LogP contribution >= 0.6 is 0 Å². The number of H-pyrrole nitrogens is 1. The molecule has 6 rings (SSSR count). The monoisotopic (exact) mass is 502 g/mol. The molecule has 4 aromatic rings. The zero-order valence-electron chi connectivity index (χ0n) is 21.4. The predicted molar refractivity (Wildman–Crippen MR) is 143 cm³/mol. The van der Waals surface area contributed by atoms with E-state index in [1.165, 1.54) is 0 Å². The van der Waals surface area contributed by atoms with E-state index in [0.29, 0.717) is 23.7 Å². The number of nitrogens with one attached hydrogen (secondary N) is 3. The van der Waals surface area contributed by atoms with Crippen LogP contribution in [0.4, 0.5) is 5.95 Å². The number of methoxy groups -OCH3 is 1. The molecule has 10 nitrogen and oxygen atoms in total. The number of hydrogen-bond donors (Lipinski definition) is 3. The second-order valence-electron chi connectivity index (χ2n) is 10.4. The lowest BCUT2D eigenvalue weighted by Gasteiger charge is -2.29. The maximum atomic E-state index is 13.1. The average molecular weight is 503 g/mol. The minimum Gasteiger partial charge on any atom is -0.381 e. The first kappa shape index (κ1) is 23.9. The van der Waals surface area contributed by atoms with E-state index in [2.05, 4.69) is 37.6 Å². The lowest BCUT2D eigenvalue weighted by Crippen LogP contribution is -2.43. The third-order valence-corrected chi connectivity index (χ3v) is 7.90. The van der Waals surface area contributed by atoms with E-state index in [0.717, 1.165) is 79.3 Å². The molecule has 37 heavy (non-hydrogen) atoms. The van der Waals surface area contributed by atoms with Gasteiger partial charge in [0.25, 0.3) is 5.91 Å². The Morgan fingerprint density at radius 1 is 1.11 bits per heavy atom. The van der Waals surface area contributed by atoms with Crippen LogP contribution in [0, 0.1) is 0 Å². The standard InChI is InChI=1S/C27H34N8O2/c1-34-10-8-19(9-11-34)31-26(36)23-16-30-35-12-7-17(13-24(23)35)21-14-28-25-22(21)15-29-27(33-25)32-18-3-5-20(37-2)6-4-18/h7,12-16,18-20H,3-6,8-11H2,1-2H3,(H,31,36)(H2,28,29,32,33)/t18-,20+. The van der Waals surface area contributed by atoms with E-state index in [9.17, 15) is 4.79 Å². The molecule has 10 heteroatoms. The summed E-state index contributed by atoms with van der Waals surface area (Å²) in [7, 11) is 3.90. The second-order valence-corrected chi connectivity index (χ2v) is 10.4.